The van der Waals surface area contributed by atoms with Gasteiger partial charge < -0.3 is 21.1 Å². The smallest absolute Gasteiger partial charge is 0.228 e. The van der Waals surface area contributed by atoms with Crippen LogP contribution in [-0.2, 0) is 6.54 Å². The lowest BCUT2D eigenvalue weighted by atomic mass is 10.1. The second-order valence-electron chi connectivity index (χ2n) is 7.06. The molecule has 0 amide bonds. The summed E-state index contributed by atoms with van der Waals surface area (Å²) in [5.74, 6) is 2.52. The Labute approximate surface area is 165 Å². The summed E-state index contributed by atoms with van der Waals surface area (Å²) >= 11 is 0. The topological polar surface area (TPSA) is 102 Å². The summed E-state index contributed by atoms with van der Waals surface area (Å²) in [5, 5.41) is 11.3. The third-order valence-corrected chi connectivity index (χ3v) is 4.61. The Morgan fingerprint density at radius 3 is 2.75 bits per heavy atom. The number of ether oxygens (including phenoxy) is 1. The van der Waals surface area contributed by atoms with Crippen LogP contribution in [0.25, 0.3) is 5.65 Å². The normalized spacial score (nSPS) is 12.5. The number of benzene rings is 1. The summed E-state index contributed by atoms with van der Waals surface area (Å²) in [6, 6.07) is 8.01. The Hall–Kier alpha value is -2.71. The summed E-state index contributed by atoms with van der Waals surface area (Å²) in [6.45, 7) is 8.20. The van der Waals surface area contributed by atoms with E-state index in [0.29, 0.717) is 37.3 Å². The van der Waals surface area contributed by atoms with Gasteiger partial charge in [0, 0.05) is 18.7 Å². The maximum absolute atomic E-state index is 5.57. The van der Waals surface area contributed by atoms with Gasteiger partial charge in [0.25, 0.3) is 0 Å². The quantitative estimate of drug-likeness (QED) is 0.488. The van der Waals surface area contributed by atoms with Crippen LogP contribution in [-0.4, -0.2) is 39.8 Å². The van der Waals surface area contributed by atoms with Crippen molar-refractivity contribution in [3.8, 4) is 5.75 Å². The van der Waals surface area contributed by atoms with Gasteiger partial charge in [0.1, 0.15) is 11.6 Å². The zero-order chi connectivity index (χ0) is 20.1. The van der Waals surface area contributed by atoms with Crippen LogP contribution in [0, 0.1) is 0 Å². The van der Waals surface area contributed by atoms with Crippen LogP contribution in [0.2, 0.25) is 0 Å². The van der Waals surface area contributed by atoms with Crippen LogP contribution in [0.5, 0.6) is 5.75 Å². The van der Waals surface area contributed by atoms with Gasteiger partial charge in [-0.2, -0.15) is 14.6 Å². The van der Waals surface area contributed by atoms with Gasteiger partial charge in [0.05, 0.1) is 25.9 Å². The first-order valence-corrected chi connectivity index (χ1v) is 9.59. The van der Waals surface area contributed by atoms with E-state index in [1.54, 1.807) is 11.6 Å². The highest BCUT2D eigenvalue weighted by atomic mass is 16.5. The molecule has 0 aliphatic carbocycles. The number of anilines is 1. The minimum Gasteiger partial charge on any atom is -0.497 e. The molecule has 0 unspecified atom stereocenters. The second-order valence-corrected chi connectivity index (χ2v) is 7.06. The summed E-state index contributed by atoms with van der Waals surface area (Å²) in [4.78, 5) is 9.42. The van der Waals surface area contributed by atoms with Crippen LogP contribution in [0.3, 0.4) is 0 Å². The Morgan fingerprint density at radius 1 is 1.21 bits per heavy atom. The van der Waals surface area contributed by atoms with E-state index in [1.807, 2.05) is 24.4 Å². The SMILES string of the molecule is COc1cccc([C@@H](C)Nc2nc(CNCCN)nc3c(C(C)C)cnn23)c1. The first-order chi connectivity index (χ1) is 13.5. The van der Waals surface area contributed by atoms with Crippen molar-refractivity contribution in [1.29, 1.82) is 0 Å². The lowest BCUT2D eigenvalue weighted by Crippen LogP contribution is -2.24. The molecular weight excluding hydrogens is 354 g/mol. The van der Waals surface area contributed by atoms with Crippen LogP contribution in [0.15, 0.2) is 30.5 Å². The fourth-order valence-corrected chi connectivity index (χ4v) is 3.01. The lowest BCUT2D eigenvalue weighted by molar-refractivity contribution is 0.414. The zero-order valence-electron chi connectivity index (χ0n) is 16.9. The van der Waals surface area contributed by atoms with Crippen molar-refractivity contribution in [2.75, 3.05) is 25.5 Å². The predicted octanol–water partition coefficient (Wildman–Crippen LogP) is 2.48. The van der Waals surface area contributed by atoms with Crippen molar-refractivity contribution in [2.45, 2.75) is 39.3 Å². The highest BCUT2D eigenvalue weighted by Gasteiger charge is 2.17. The van der Waals surface area contributed by atoms with Crippen molar-refractivity contribution in [3.63, 3.8) is 0 Å². The number of methoxy groups -OCH3 is 1. The Bertz CT molecular complexity index is 922. The van der Waals surface area contributed by atoms with Gasteiger partial charge in [0.15, 0.2) is 5.65 Å². The molecule has 1 aromatic carbocycles. The molecule has 3 rings (SSSR count). The average molecular weight is 384 g/mol. The molecule has 0 fully saturated rings. The van der Waals surface area contributed by atoms with E-state index in [4.69, 9.17) is 20.4 Å². The molecule has 0 spiro atoms. The maximum atomic E-state index is 5.57. The molecular formula is C20H29N7O. The number of fused-ring (bicyclic) bond motifs is 1. The summed E-state index contributed by atoms with van der Waals surface area (Å²) < 4.78 is 7.12. The number of nitrogens with one attached hydrogen (secondary N) is 2. The number of nitrogens with zero attached hydrogens (tertiary/aromatic N) is 4. The third-order valence-electron chi connectivity index (χ3n) is 4.61. The summed E-state index contributed by atoms with van der Waals surface area (Å²) in [7, 11) is 1.67. The van der Waals surface area contributed by atoms with Crippen molar-refractivity contribution in [1.82, 2.24) is 24.9 Å². The van der Waals surface area contributed by atoms with Crippen LogP contribution in [0.1, 0.15) is 49.7 Å². The number of rotatable bonds is 9. The van der Waals surface area contributed by atoms with E-state index in [9.17, 15) is 0 Å². The van der Waals surface area contributed by atoms with E-state index >= 15 is 0 Å². The molecule has 2 heterocycles. The van der Waals surface area contributed by atoms with Crippen molar-refractivity contribution >= 4 is 11.6 Å². The highest BCUT2D eigenvalue weighted by molar-refractivity contribution is 5.52. The molecule has 0 bridgehead atoms. The van der Waals surface area contributed by atoms with Gasteiger partial charge in [0.2, 0.25) is 5.95 Å². The zero-order valence-corrected chi connectivity index (χ0v) is 16.9. The van der Waals surface area contributed by atoms with E-state index < -0.39 is 0 Å². The highest BCUT2D eigenvalue weighted by Crippen LogP contribution is 2.25. The number of nitrogens with two attached hydrogens (primary N) is 1. The van der Waals surface area contributed by atoms with E-state index in [0.717, 1.165) is 22.5 Å². The molecule has 2 aromatic heterocycles. The fraction of sp³-hybridized carbons (Fsp3) is 0.450. The summed E-state index contributed by atoms with van der Waals surface area (Å²) in [5.41, 5.74) is 8.60. The van der Waals surface area contributed by atoms with Gasteiger partial charge in [-0.15, -0.1) is 0 Å². The second kappa shape index (κ2) is 8.99. The van der Waals surface area contributed by atoms with Gasteiger partial charge in [-0.1, -0.05) is 26.0 Å². The first-order valence-electron chi connectivity index (χ1n) is 9.59. The lowest BCUT2D eigenvalue weighted by Gasteiger charge is -2.17. The Kier molecular flexibility index (Phi) is 6.43. The summed E-state index contributed by atoms with van der Waals surface area (Å²) in [6.07, 6.45) is 1.87. The maximum Gasteiger partial charge on any atom is 0.228 e. The largest absolute Gasteiger partial charge is 0.497 e. The molecule has 0 saturated heterocycles. The monoisotopic (exact) mass is 383 g/mol. The van der Waals surface area contributed by atoms with E-state index in [-0.39, 0.29) is 6.04 Å². The van der Waals surface area contributed by atoms with E-state index in [1.165, 1.54) is 0 Å². The molecule has 8 heteroatoms. The minimum absolute atomic E-state index is 0.0183. The van der Waals surface area contributed by atoms with Crippen molar-refractivity contribution < 1.29 is 4.74 Å². The fourth-order valence-electron chi connectivity index (χ4n) is 3.01. The van der Waals surface area contributed by atoms with E-state index in [2.05, 4.69) is 42.6 Å². The standard InChI is InChI=1S/C20H29N7O/c1-13(2)17-11-23-27-19(17)25-18(12-22-9-8-21)26-20(27)24-14(3)15-6-5-7-16(10-15)28-4/h5-7,10-11,13-14,22H,8-9,12,21H2,1-4H3,(H,24,25,26)/t14-/m1/s1. The Balaban J connectivity index is 1.95. The van der Waals surface area contributed by atoms with Gasteiger partial charge in [-0.3, -0.25) is 0 Å². The molecule has 28 heavy (non-hydrogen) atoms. The number of aromatic nitrogens is 4. The molecule has 4 N–H and O–H groups in total. The van der Waals surface area contributed by atoms with Crippen molar-refractivity contribution in [2.24, 2.45) is 5.73 Å². The molecule has 0 aliphatic rings. The van der Waals surface area contributed by atoms with Crippen molar-refractivity contribution in [3.05, 3.63) is 47.4 Å². The number of hydrogen-bond acceptors (Lipinski definition) is 7. The number of hydrogen-bond donors (Lipinski definition) is 3. The molecule has 0 aliphatic heterocycles. The molecule has 1 atom stereocenters. The average Bonchev–Trinajstić information content (AvgIpc) is 3.13. The molecule has 150 valence electrons. The molecule has 0 radical (unpaired) electrons. The van der Waals surface area contributed by atoms with Crippen LogP contribution in [0.4, 0.5) is 5.95 Å². The van der Waals surface area contributed by atoms with Gasteiger partial charge in [-0.25, -0.2) is 4.98 Å². The molecule has 8 nitrogen and oxygen atoms in total. The van der Waals surface area contributed by atoms with Gasteiger partial charge in [-0.05, 0) is 30.5 Å². The third kappa shape index (κ3) is 4.40. The van der Waals surface area contributed by atoms with Crippen LogP contribution < -0.4 is 21.1 Å². The predicted molar refractivity (Wildman–Crippen MR) is 111 cm³/mol. The molecule has 3 aromatic rings. The molecule has 0 saturated carbocycles. The Morgan fingerprint density at radius 2 is 2.04 bits per heavy atom. The van der Waals surface area contributed by atoms with Gasteiger partial charge >= 0.3 is 0 Å². The van der Waals surface area contributed by atoms with Crippen LogP contribution >= 0.6 is 0 Å². The first kappa shape index (κ1) is 20.0. The minimum atomic E-state index is 0.0183.